The molecular weight excluding hydrogens is 280 g/mol. The summed E-state index contributed by atoms with van der Waals surface area (Å²) in [4.78, 5) is 7.02. The van der Waals surface area contributed by atoms with Crippen LogP contribution < -0.4 is 0 Å². The van der Waals surface area contributed by atoms with Crippen LogP contribution in [-0.2, 0) is 17.0 Å². The van der Waals surface area contributed by atoms with Crippen molar-refractivity contribution in [3.63, 3.8) is 0 Å². The first-order chi connectivity index (χ1) is 9.15. The molecule has 1 aromatic rings. The van der Waals surface area contributed by atoms with E-state index in [2.05, 4.69) is 22.2 Å². The number of methoxy groups -OCH3 is 1. The van der Waals surface area contributed by atoms with Gasteiger partial charge in [0.05, 0.1) is 22.2 Å². The molecule has 0 spiro atoms. The van der Waals surface area contributed by atoms with E-state index >= 15 is 0 Å². The third-order valence-corrected chi connectivity index (χ3v) is 5.06. The van der Waals surface area contributed by atoms with Crippen molar-refractivity contribution in [2.75, 3.05) is 26.7 Å². The fraction of sp³-hybridized carbons (Fsp3) is 0.786. The monoisotopic (exact) mass is 302 g/mol. The van der Waals surface area contributed by atoms with Gasteiger partial charge < -0.3 is 9.64 Å². The summed E-state index contributed by atoms with van der Waals surface area (Å²) in [5.41, 5.74) is 1.05. The Hall–Kier alpha value is -0.160. The summed E-state index contributed by atoms with van der Waals surface area (Å²) >= 11 is 7.49. The van der Waals surface area contributed by atoms with Crippen molar-refractivity contribution in [3.8, 4) is 0 Å². The van der Waals surface area contributed by atoms with Crippen LogP contribution in [0.4, 0.5) is 0 Å². The van der Waals surface area contributed by atoms with Crippen molar-refractivity contribution in [1.29, 1.82) is 0 Å². The highest BCUT2D eigenvalue weighted by atomic mass is 35.5. The maximum atomic E-state index is 5.77. The van der Waals surface area contributed by atoms with Crippen LogP contribution in [0, 0.1) is 0 Å². The summed E-state index contributed by atoms with van der Waals surface area (Å²) in [6.45, 7) is 5.60. The van der Waals surface area contributed by atoms with E-state index in [9.17, 15) is 0 Å². The lowest BCUT2D eigenvalue weighted by molar-refractivity contribution is -0.0507. The highest BCUT2D eigenvalue weighted by molar-refractivity contribution is 7.09. The number of nitrogens with zero attached hydrogens (tertiary/aromatic N) is 2. The van der Waals surface area contributed by atoms with E-state index < -0.39 is 0 Å². The standard InChI is InChI=1S/C14H23ClN2OS/c1-14(18-2)6-4-8-17(11-14)7-3-5-13-16-12(9-15)10-19-13/h10H,3-9,11H2,1-2H3. The predicted molar refractivity (Wildman–Crippen MR) is 81.1 cm³/mol. The smallest absolute Gasteiger partial charge is 0.0929 e. The molecular formula is C14H23ClN2OS. The maximum Gasteiger partial charge on any atom is 0.0929 e. The van der Waals surface area contributed by atoms with Gasteiger partial charge in [0, 0.05) is 25.5 Å². The number of alkyl halides is 1. The number of rotatable bonds is 6. The topological polar surface area (TPSA) is 25.4 Å². The molecule has 3 nitrogen and oxygen atoms in total. The van der Waals surface area contributed by atoms with Gasteiger partial charge in [-0.3, -0.25) is 0 Å². The molecule has 1 unspecified atom stereocenters. The minimum Gasteiger partial charge on any atom is -0.377 e. The van der Waals surface area contributed by atoms with Crippen LogP contribution in [0.25, 0.3) is 0 Å². The lowest BCUT2D eigenvalue weighted by atomic mass is 9.94. The molecule has 108 valence electrons. The molecule has 0 N–H and O–H groups in total. The second kappa shape index (κ2) is 7.02. The molecule has 1 atom stereocenters. The Morgan fingerprint density at radius 1 is 1.58 bits per heavy atom. The summed E-state index contributed by atoms with van der Waals surface area (Å²) in [5.74, 6) is 0.523. The minimum atomic E-state index is 0.0469. The molecule has 0 aromatic carbocycles. The first kappa shape index (κ1) is 15.2. The molecule has 0 radical (unpaired) electrons. The van der Waals surface area contributed by atoms with Crippen molar-refractivity contribution in [3.05, 3.63) is 16.1 Å². The summed E-state index contributed by atoms with van der Waals surface area (Å²) < 4.78 is 5.62. The zero-order chi connectivity index (χ0) is 13.7. The van der Waals surface area contributed by atoms with Gasteiger partial charge in [-0.1, -0.05) is 0 Å². The van der Waals surface area contributed by atoms with E-state index in [1.807, 2.05) is 7.11 Å². The van der Waals surface area contributed by atoms with Gasteiger partial charge in [-0.25, -0.2) is 4.98 Å². The summed E-state index contributed by atoms with van der Waals surface area (Å²) in [6.07, 6.45) is 4.63. The Kier molecular flexibility index (Phi) is 5.63. The van der Waals surface area contributed by atoms with Crippen LogP contribution in [0.5, 0.6) is 0 Å². The Morgan fingerprint density at radius 2 is 2.42 bits per heavy atom. The molecule has 2 heterocycles. The zero-order valence-electron chi connectivity index (χ0n) is 11.8. The molecule has 0 aliphatic carbocycles. The molecule has 19 heavy (non-hydrogen) atoms. The molecule has 0 amide bonds. The number of ether oxygens (including phenoxy) is 1. The molecule has 0 bridgehead atoms. The first-order valence-electron chi connectivity index (χ1n) is 6.92. The van der Waals surface area contributed by atoms with Crippen molar-refractivity contribution in [1.82, 2.24) is 9.88 Å². The van der Waals surface area contributed by atoms with E-state index in [1.54, 1.807) is 11.3 Å². The second-order valence-electron chi connectivity index (χ2n) is 5.50. The number of piperidine rings is 1. The molecule has 0 saturated carbocycles. The van der Waals surface area contributed by atoms with Gasteiger partial charge in [0.15, 0.2) is 0 Å². The van der Waals surface area contributed by atoms with Crippen LogP contribution in [0.15, 0.2) is 5.38 Å². The molecule has 1 aliphatic rings. The predicted octanol–water partition coefficient (Wildman–Crippen LogP) is 3.32. The van der Waals surface area contributed by atoms with E-state index in [4.69, 9.17) is 16.3 Å². The summed E-state index contributed by atoms with van der Waals surface area (Å²) in [6, 6.07) is 0. The Labute approximate surface area is 124 Å². The lowest BCUT2D eigenvalue weighted by Crippen LogP contribution is -2.47. The van der Waals surface area contributed by atoms with Crippen molar-refractivity contribution < 1.29 is 4.74 Å². The van der Waals surface area contributed by atoms with E-state index in [-0.39, 0.29) is 5.60 Å². The zero-order valence-corrected chi connectivity index (χ0v) is 13.4. The Bertz CT molecular complexity index is 399. The molecule has 1 aliphatic heterocycles. The molecule has 1 aromatic heterocycles. The fourth-order valence-corrected chi connectivity index (χ4v) is 3.71. The third kappa shape index (κ3) is 4.42. The van der Waals surface area contributed by atoms with Gasteiger partial charge in [0.25, 0.3) is 0 Å². The average Bonchev–Trinajstić information content (AvgIpc) is 2.87. The van der Waals surface area contributed by atoms with Crippen LogP contribution >= 0.6 is 22.9 Å². The van der Waals surface area contributed by atoms with E-state index in [1.165, 1.54) is 24.4 Å². The van der Waals surface area contributed by atoms with Crippen LogP contribution in [0.3, 0.4) is 0 Å². The average molecular weight is 303 g/mol. The van der Waals surface area contributed by atoms with Gasteiger partial charge >= 0.3 is 0 Å². The third-order valence-electron chi connectivity index (χ3n) is 3.83. The highest BCUT2D eigenvalue weighted by Crippen LogP contribution is 2.24. The normalized spacial score (nSPS) is 24.8. The largest absolute Gasteiger partial charge is 0.377 e. The Balaban J connectivity index is 1.73. The van der Waals surface area contributed by atoms with Crippen molar-refractivity contribution in [2.24, 2.45) is 0 Å². The number of aryl methyl sites for hydroxylation is 1. The quantitative estimate of drug-likeness (QED) is 0.754. The maximum absolute atomic E-state index is 5.77. The first-order valence-corrected chi connectivity index (χ1v) is 8.33. The molecule has 1 fully saturated rings. The van der Waals surface area contributed by atoms with Gasteiger partial charge in [0.1, 0.15) is 0 Å². The number of likely N-dealkylation sites (tertiary alicyclic amines) is 1. The number of halogens is 1. The SMILES string of the molecule is COC1(C)CCCN(CCCc2nc(CCl)cs2)C1. The summed E-state index contributed by atoms with van der Waals surface area (Å²) in [7, 11) is 1.83. The minimum absolute atomic E-state index is 0.0469. The number of thiazole rings is 1. The van der Waals surface area contributed by atoms with Crippen LogP contribution in [-0.4, -0.2) is 42.2 Å². The number of hydrogen-bond donors (Lipinski definition) is 0. The molecule has 1 saturated heterocycles. The van der Waals surface area contributed by atoms with Crippen molar-refractivity contribution >= 4 is 22.9 Å². The number of aromatic nitrogens is 1. The van der Waals surface area contributed by atoms with Gasteiger partial charge in [0.2, 0.25) is 0 Å². The molecule has 5 heteroatoms. The second-order valence-corrected chi connectivity index (χ2v) is 6.71. The fourth-order valence-electron chi connectivity index (χ4n) is 2.64. The van der Waals surface area contributed by atoms with Crippen molar-refractivity contribution in [2.45, 2.75) is 44.1 Å². The van der Waals surface area contributed by atoms with Crippen LogP contribution in [0.1, 0.15) is 36.9 Å². The van der Waals surface area contributed by atoms with Gasteiger partial charge in [-0.2, -0.15) is 0 Å². The highest BCUT2D eigenvalue weighted by Gasteiger charge is 2.30. The van der Waals surface area contributed by atoms with Crippen LogP contribution in [0.2, 0.25) is 0 Å². The van der Waals surface area contributed by atoms with E-state index in [0.717, 1.165) is 31.6 Å². The Morgan fingerprint density at radius 3 is 3.11 bits per heavy atom. The lowest BCUT2D eigenvalue weighted by Gasteiger charge is -2.39. The molecule has 2 rings (SSSR count). The van der Waals surface area contributed by atoms with E-state index in [0.29, 0.717) is 5.88 Å². The number of hydrogen-bond acceptors (Lipinski definition) is 4. The van der Waals surface area contributed by atoms with Gasteiger partial charge in [-0.05, 0) is 39.3 Å². The summed E-state index contributed by atoms with van der Waals surface area (Å²) in [5, 5.41) is 3.27. The van der Waals surface area contributed by atoms with Gasteiger partial charge in [-0.15, -0.1) is 22.9 Å².